The van der Waals surface area contributed by atoms with Gasteiger partial charge in [0.05, 0.1) is 17.9 Å². The maximum Gasteiger partial charge on any atom is 0.277 e. The lowest BCUT2D eigenvalue weighted by molar-refractivity contribution is -0.0231. The van der Waals surface area contributed by atoms with E-state index in [-0.39, 0.29) is 5.56 Å². The number of fused-ring (bicyclic) bond motifs is 1. The minimum absolute atomic E-state index is 0.108. The van der Waals surface area contributed by atoms with Crippen molar-refractivity contribution in [3.63, 3.8) is 0 Å². The van der Waals surface area contributed by atoms with Crippen molar-refractivity contribution in [2.24, 2.45) is 0 Å². The molecule has 0 spiro atoms. The molecule has 112 valence electrons. The number of aryl methyl sites for hydroxylation is 1. The third kappa shape index (κ3) is 2.32. The van der Waals surface area contributed by atoms with E-state index in [9.17, 15) is 15.0 Å². The molecule has 3 aliphatic rings. The number of nitrogens with one attached hydrogen (secondary N) is 1. The van der Waals surface area contributed by atoms with E-state index in [4.69, 9.17) is 9.84 Å². The second kappa shape index (κ2) is 5.15. The van der Waals surface area contributed by atoms with Gasteiger partial charge in [-0.05, 0) is 13.0 Å². The van der Waals surface area contributed by atoms with Gasteiger partial charge in [-0.1, -0.05) is 0 Å². The molecule has 1 saturated heterocycles. The highest BCUT2D eigenvalue weighted by Gasteiger charge is 2.44. The maximum absolute atomic E-state index is 12.1. The Labute approximate surface area is 119 Å². The summed E-state index contributed by atoms with van der Waals surface area (Å²) in [4.78, 5) is 23.0. The lowest BCUT2D eigenvalue weighted by Crippen LogP contribution is -2.33. The summed E-state index contributed by atoms with van der Waals surface area (Å²) in [5.41, 5.74) is 0.716. The number of aromatic nitrogens is 3. The standard InChI is InChI=1S/C13H15N3O5/c1-5-3-14-12-7(15-5)2-6(13(20)16-12)11-10(19)9(18)8(4-17)21-11/h2-3,8-11,17-19H,4H2,1H3,(H,14,16,20)/t8-,9?,10+,11+/m1/s1. The number of aromatic amines is 1. The highest BCUT2D eigenvalue weighted by atomic mass is 16.6. The van der Waals surface area contributed by atoms with Crippen LogP contribution in [0.5, 0.6) is 0 Å². The van der Waals surface area contributed by atoms with E-state index >= 15 is 0 Å². The number of aliphatic hydroxyl groups is 3. The Bertz CT molecular complexity index is 688. The van der Waals surface area contributed by atoms with Crippen molar-refractivity contribution >= 4 is 0 Å². The van der Waals surface area contributed by atoms with Crippen LogP contribution < -0.4 is 5.56 Å². The average Bonchev–Trinajstić information content (AvgIpc) is 2.75. The van der Waals surface area contributed by atoms with Gasteiger partial charge in [0.2, 0.25) is 0 Å². The lowest BCUT2D eigenvalue weighted by atomic mass is 10.0. The molecule has 0 aromatic heterocycles. The zero-order valence-corrected chi connectivity index (χ0v) is 11.2. The Morgan fingerprint density at radius 3 is 2.76 bits per heavy atom. The van der Waals surface area contributed by atoms with Gasteiger partial charge in [-0.3, -0.25) is 4.79 Å². The molecule has 0 aliphatic carbocycles. The summed E-state index contributed by atoms with van der Waals surface area (Å²) in [5.74, 6) is 0.334. The van der Waals surface area contributed by atoms with Crippen molar-refractivity contribution in [2.45, 2.75) is 31.3 Å². The molecule has 8 nitrogen and oxygen atoms in total. The Balaban J connectivity index is 2.07. The van der Waals surface area contributed by atoms with Gasteiger partial charge in [0.25, 0.3) is 5.56 Å². The largest absolute Gasteiger partial charge is 0.394 e. The molecule has 3 rings (SSSR count). The second-order valence-corrected chi connectivity index (χ2v) is 5.05. The molecular formula is C13H15N3O5. The molecule has 4 N–H and O–H groups in total. The molecule has 8 heteroatoms. The van der Waals surface area contributed by atoms with E-state index in [0.717, 1.165) is 5.69 Å². The van der Waals surface area contributed by atoms with Crippen LogP contribution in [0.25, 0.3) is 11.5 Å². The van der Waals surface area contributed by atoms with Crippen LogP contribution in [0.2, 0.25) is 0 Å². The average molecular weight is 293 g/mol. The summed E-state index contributed by atoms with van der Waals surface area (Å²) >= 11 is 0. The normalized spacial score (nSPS) is 29.1. The van der Waals surface area contributed by atoms with Crippen molar-refractivity contribution in [1.82, 2.24) is 15.0 Å². The monoisotopic (exact) mass is 293 g/mol. The van der Waals surface area contributed by atoms with Gasteiger partial charge < -0.3 is 25.0 Å². The van der Waals surface area contributed by atoms with Crippen LogP contribution in [0, 0.1) is 6.92 Å². The summed E-state index contributed by atoms with van der Waals surface area (Å²) < 4.78 is 5.35. The summed E-state index contributed by atoms with van der Waals surface area (Å²) in [5, 5.41) is 28.8. The zero-order chi connectivity index (χ0) is 15.1. The van der Waals surface area contributed by atoms with Gasteiger partial charge in [0.15, 0.2) is 5.82 Å². The fraction of sp³-hybridized carbons (Fsp3) is 0.462. The first kappa shape index (κ1) is 14.1. The van der Waals surface area contributed by atoms with E-state index < -0.39 is 36.6 Å². The Hall–Kier alpha value is -1.87. The van der Waals surface area contributed by atoms with Gasteiger partial charge >= 0.3 is 0 Å². The molecule has 3 heterocycles. The lowest BCUT2D eigenvalue weighted by Gasteiger charge is -2.15. The van der Waals surface area contributed by atoms with Crippen LogP contribution in [0.1, 0.15) is 17.4 Å². The molecule has 0 saturated carbocycles. The second-order valence-electron chi connectivity index (χ2n) is 5.05. The third-order valence-corrected chi connectivity index (χ3v) is 3.56. The van der Waals surface area contributed by atoms with E-state index in [2.05, 4.69) is 15.0 Å². The summed E-state index contributed by atoms with van der Waals surface area (Å²) in [6.07, 6.45) is -2.91. The number of nitrogens with zero attached hydrogens (tertiary/aromatic N) is 2. The molecule has 1 unspecified atom stereocenters. The molecular weight excluding hydrogens is 278 g/mol. The number of pyridine rings is 1. The molecule has 0 aromatic carbocycles. The molecule has 4 atom stereocenters. The summed E-state index contributed by atoms with van der Waals surface area (Å²) in [7, 11) is 0. The number of H-pyrrole nitrogens is 1. The first-order valence-electron chi connectivity index (χ1n) is 6.50. The van der Waals surface area contributed by atoms with Gasteiger partial charge in [0.1, 0.15) is 30.1 Å². The van der Waals surface area contributed by atoms with E-state index in [0.29, 0.717) is 11.5 Å². The Morgan fingerprint density at radius 1 is 1.33 bits per heavy atom. The third-order valence-electron chi connectivity index (χ3n) is 3.56. The van der Waals surface area contributed by atoms with Crippen molar-refractivity contribution in [3.05, 3.63) is 33.9 Å². The fourth-order valence-electron chi connectivity index (χ4n) is 2.45. The summed E-state index contributed by atoms with van der Waals surface area (Å²) in [6.45, 7) is 1.34. The number of aliphatic hydroxyl groups excluding tert-OH is 3. The molecule has 3 aliphatic heterocycles. The molecule has 0 bridgehead atoms. The molecule has 0 amide bonds. The van der Waals surface area contributed by atoms with Gasteiger partial charge in [-0.25, -0.2) is 4.98 Å². The Morgan fingerprint density at radius 2 is 2.10 bits per heavy atom. The quantitative estimate of drug-likeness (QED) is 0.543. The van der Waals surface area contributed by atoms with Gasteiger partial charge in [-0.15, -0.1) is 0 Å². The predicted octanol–water partition coefficient (Wildman–Crippen LogP) is -1.27. The van der Waals surface area contributed by atoms with Gasteiger partial charge in [0, 0.05) is 6.20 Å². The van der Waals surface area contributed by atoms with Crippen LogP contribution in [0.15, 0.2) is 17.1 Å². The van der Waals surface area contributed by atoms with Crippen molar-refractivity contribution in [3.8, 4) is 11.5 Å². The minimum atomic E-state index is -1.30. The summed E-state index contributed by atoms with van der Waals surface area (Å²) in [6, 6.07) is 1.48. The van der Waals surface area contributed by atoms with Crippen LogP contribution in [-0.4, -0.2) is 55.2 Å². The van der Waals surface area contributed by atoms with Crippen LogP contribution >= 0.6 is 0 Å². The van der Waals surface area contributed by atoms with Gasteiger partial charge in [-0.2, -0.15) is 4.98 Å². The van der Waals surface area contributed by atoms with Crippen LogP contribution in [0.4, 0.5) is 0 Å². The van der Waals surface area contributed by atoms with E-state index in [1.807, 2.05) is 0 Å². The highest BCUT2D eigenvalue weighted by Crippen LogP contribution is 2.32. The molecule has 0 radical (unpaired) electrons. The molecule has 0 aromatic rings. The predicted molar refractivity (Wildman–Crippen MR) is 70.7 cm³/mol. The topological polar surface area (TPSA) is 129 Å². The number of hydrogen-bond acceptors (Lipinski definition) is 7. The van der Waals surface area contributed by atoms with Crippen molar-refractivity contribution in [2.75, 3.05) is 6.61 Å². The number of rotatable bonds is 2. The minimum Gasteiger partial charge on any atom is -0.394 e. The number of hydrogen-bond donors (Lipinski definition) is 4. The van der Waals surface area contributed by atoms with Crippen LogP contribution in [-0.2, 0) is 4.74 Å². The zero-order valence-electron chi connectivity index (χ0n) is 11.2. The van der Waals surface area contributed by atoms with Crippen molar-refractivity contribution < 1.29 is 20.1 Å². The highest BCUT2D eigenvalue weighted by molar-refractivity contribution is 5.52. The van der Waals surface area contributed by atoms with E-state index in [1.54, 1.807) is 13.1 Å². The SMILES string of the molecule is Cc1c[nH]c2nc(=O)c([C@@H]3O[C@H](CO)C(O)[C@@H]3O)cc-2n1. The molecule has 1 fully saturated rings. The number of ether oxygens (including phenoxy) is 1. The smallest absolute Gasteiger partial charge is 0.277 e. The maximum atomic E-state index is 12.1. The first-order valence-corrected chi connectivity index (χ1v) is 6.50. The Kier molecular flexibility index (Phi) is 3.46. The molecule has 21 heavy (non-hydrogen) atoms. The van der Waals surface area contributed by atoms with Crippen LogP contribution in [0.3, 0.4) is 0 Å². The van der Waals surface area contributed by atoms with Crippen molar-refractivity contribution in [1.29, 1.82) is 0 Å². The van der Waals surface area contributed by atoms with E-state index in [1.165, 1.54) is 6.07 Å². The first-order chi connectivity index (χ1) is 10.0. The fourth-order valence-corrected chi connectivity index (χ4v) is 2.45.